The molecule has 1 N–H and O–H groups in total. The van der Waals surface area contributed by atoms with E-state index in [1.165, 1.54) is 7.11 Å². The van der Waals surface area contributed by atoms with Crippen LogP contribution < -0.4 is 0 Å². The third kappa shape index (κ3) is 3.48. The Morgan fingerprint density at radius 1 is 1.08 bits per heavy atom. The molecule has 0 spiro atoms. The van der Waals surface area contributed by atoms with Crippen molar-refractivity contribution >= 4 is 11.9 Å². The van der Waals surface area contributed by atoms with Crippen LogP contribution in [0.1, 0.15) is 23.5 Å². The molecule has 3 rings (SSSR count). The number of carboxylic acid groups (broad SMARTS) is 1. The third-order valence-electron chi connectivity index (χ3n) is 5.05. The lowest BCUT2D eigenvalue weighted by Gasteiger charge is -2.27. The van der Waals surface area contributed by atoms with E-state index in [0.717, 1.165) is 11.1 Å². The first-order chi connectivity index (χ1) is 12.6. The molecule has 2 aromatic carbocycles. The van der Waals surface area contributed by atoms with Gasteiger partial charge in [-0.15, -0.1) is 0 Å². The summed E-state index contributed by atoms with van der Waals surface area (Å²) in [5.41, 5.74) is 0.786. The molecular weight excluding hydrogens is 330 g/mol. The van der Waals surface area contributed by atoms with E-state index in [-0.39, 0.29) is 19.1 Å². The van der Waals surface area contributed by atoms with Crippen LogP contribution in [0.2, 0.25) is 0 Å². The molecule has 1 aliphatic heterocycles. The fourth-order valence-electron chi connectivity index (χ4n) is 3.64. The number of carbonyl (C=O) groups excluding carboxylic acids is 1. The number of carboxylic acids is 1. The molecule has 1 atom stereocenters. The fourth-order valence-corrected chi connectivity index (χ4v) is 3.64. The number of rotatable bonds is 6. The van der Waals surface area contributed by atoms with Crippen LogP contribution in [0, 0.1) is 5.41 Å². The molecule has 5 heteroatoms. The standard InChI is InChI=1S/C21H23NO4/c1-26-15-21(20(24)25)12-13-22(14-21)19(23)18(16-8-4-2-5-9-16)17-10-6-3-7-11-17/h2-11,18H,12-15H2,1H3,(H,24,25). The predicted octanol–water partition coefficient (Wildman–Crippen LogP) is 2.77. The number of hydrogen-bond donors (Lipinski definition) is 1. The summed E-state index contributed by atoms with van der Waals surface area (Å²) < 4.78 is 5.13. The van der Waals surface area contributed by atoms with Gasteiger partial charge in [0, 0.05) is 20.2 Å². The van der Waals surface area contributed by atoms with Gasteiger partial charge in [-0.05, 0) is 17.5 Å². The van der Waals surface area contributed by atoms with Crippen LogP contribution >= 0.6 is 0 Å². The largest absolute Gasteiger partial charge is 0.481 e. The molecule has 1 amide bonds. The Labute approximate surface area is 153 Å². The monoisotopic (exact) mass is 353 g/mol. The van der Waals surface area contributed by atoms with Crippen LogP contribution in [0.5, 0.6) is 0 Å². The minimum Gasteiger partial charge on any atom is -0.481 e. The zero-order chi connectivity index (χ0) is 18.6. The van der Waals surface area contributed by atoms with E-state index in [4.69, 9.17) is 4.74 Å². The Bertz CT molecular complexity index is 723. The van der Waals surface area contributed by atoms with Gasteiger partial charge in [0.15, 0.2) is 0 Å². The maximum atomic E-state index is 13.4. The number of ether oxygens (including phenoxy) is 1. The van der Waals surface area contributed by atoms with Crippen molar-refractivity contribution in [2.24, 2.45) is 5.41 Å². The van der Waals surface area contributed by atoms with Crippen molar-refractivity contribution in [2.45, 2.75) is 12.3 Å². The van der Waals surface area contributed by atoms with Gasteiger partial charge in [0.2, 0.25) is 5.91 Å². The summed E-state index contributed by atoms with van der Waals surface area (Å²) in [6.07, 6.45) is 0.401. The van der Waals surface area contributed by atoms with Gasteiger partial charge in [-0.3, -0.25) is 9.59 Å². The van der Waals surface area contributed by atoms with Gasteiger partial charge in [-0.1, -0.05) is 60.7 Å². The molecule has 26 heavy (non-hydrogen) atoms. The van der Waals surface area contributed by atoms with Crippen molar-refractivity contribution in [3.63, 3.8) is 0 Å². The van der Waals surface area contributed by atoms with Crippen molar-refractivity contribution in [2.75, 3.05) is 26.8 Å². The lowest BCUT2D eigenvalue weighted by Crippen LogP contribution is -2.41. The average Bonchev–Trinajstić information content (AvgIpc) is 3.10. The molecular formula is C21H23NO4. The van der Waals surface area contributed by atoms with E-state index < -0.39 is 17.3 Å². The highest BCUT2D eigenvalue weighted by Crippen LogP contribution is 2.35. The number of amides is 1. The highest BCUT2D eigenvalue weighted by molar-refractivity contribution is 5.88. The summed E-state index contributed by atoms with van der Waals surface area (Å²) in [7, 11) is 1.49. The maximum absolute atomic E-state index is 13.4. The summed E-state index contributed by atoms with van der Waals surface area (Å²) in [6, 6.07) is 19.2. The lowest BCUT2D eigenvalue weighted by atomic mass is 9.88. The minimum absolute atomic E-state index is 0.0679. The third-order valence-corrected chi connectivity index (χ3v) is 5.05. The molecule has 1 aliphatic rings. The normalized spacial score (nSPS) is 19.7. The number of benzene rings is 2. The summed E-state index contributed by atoms with van der Waals surface area (Å²) in [6.45, 7) is 0.698. The quantitative estimate of drug-likeness (QED) is 0.867. The number of carbonyl (C=O) groups is 2. The van der Waals surface area contributed by atoms with Crippen molar-refractivity contribution < 1.29 is 19.4 Å². The Morgan fingerprint density at radius 2 is 1.62 bits per heavy atom. The van der Waals surface area contributed by atoms with Gasteiger partial charge in [0.1, 0.15) is 5.41 Å². The zero-order valence-electron chi connectivity index (χ0n) is 14.8. The number of methoxy groups -OCH3 is 1. The lowest BCUT2D eigenvalue weighted by molar-refractivity contribution is -0.151. The summed E-state index contributed by atoms with van der Waals surface area (Å²) >= 11 is 0. The molecule has 0 aromatic heterocycles. The molecule has 2 aromatic rings. The predicted molar refractivity (Wildman–Crippen MR) is 97.9 cm³/mol. The first-order valence-electron chi connectivity index (χ1n) is 8.68. The Hall–Kier alpha value is -2.66. The molecule has 1 saturated heterocycles. The second-order valence-corrected chi connectivity index (χ2v) is 6.78. The SMILES string of the molecule is COCC1(C(=O)O)CCN(C(=O)C(c2ccccc2)c2ccccc2)C1. The molecule has 1 unspecified atom stereocenters. The first-order valence-corrected chi connectivity index (χ1v) is 8.68. The second-order valence-electron chi connectivity index (χ2n) is 6.78. The van der Waals surface area contributed by atoms with Gasteiger partial charge < -0.3 is 14.7 Å². The van der Waals surface area contributed by atoms with Gasteiger partial charge >= 0.3 is 5.97 Å². The van der Waals surface area contributed by atoms with Gasteiger partial charge in [-0.2, -0.15) is 0 Å². The number of hydrogen-bond acceptors (Lipinski definition) is 3. The van der Waals surface area contributed by atoms with E-state index in [2.05, 4.69) is 0 Å². The van der Waals surface area contributed by atoms with E-state index in [1.807, 2.05) is 60.7 Å². The zero-order valence-corrected chi connectivity index (χ0v) is 14.8. The van der Waals surface area contributed by atoms with E-state index >= 15 is 0 Å². The summed E-state index contributed by atoms with van der Waals surface area (Å²) in [4.78, 5) is 26.8. The van der Waals surface area contributed by atoms with Crippen molar-refractivity contribution in [3.05, 3.63) is 71.8 Å². The number of aliphatic carboxylic acids is 1. The molecule has 1 fully saturated rings. The molecule has 0 aliphatic carbocycles. The second kappa shape index (κ2) is 7.70. The molecule has 1 heterocycles. The van der Waals surface area contributed by atoms with E-state index in [1.54, 1.807) is 4.90 Å². The van der Waals surface area contributed by atoms with Crippen molar-refractivity contribution in [1.82, 2.24) is 4.90 Å². The summed E-state index contributed by atoms with van der Waals surface area (Å²) in [5, 5.41) is 9.65. The molecule has 0 saturated carbocycles. The molecule has 0 radical (unpaired) electrons. The number of likely N-dealkylation sites (tertiary alicyclic amines) is 1. The topological polar surface area (TPSA) is 66.8 Å². The number of nitrogens with zero attached hydrogens (tertiary/aromatic N) is 1. The van der Waals surface area contributed by atoms with Crippen LogP contribution in [-0.2, 0) is 14.3 Å². The maximum Gasteiger partial charge on any atom is 0.313 e. The van der Waals surface area contributed by atoms with Crippen LogP contribution in [0.25, 0.3) is 0 Å². The van der Waals surface area contributed by atoms with Gasteiger partial charge in [-0.25, -0.2) is 0 Å². The minimum atomic E-state index is -1.03. The molecule has 5 nitrogen and oxygen atoms in total. The molecule has 136 valence electrons. The van der Waals surface area contributed by atoms with E-state index in [9.17, 15) is 14.7 Å². The smallest absolute Gasteiger partial charge is 0.313 e. The van der Waals surface area contributed by atoms with Gasteiger partial charge in [0.25, 0.3) is 0 Å². The molecule has 0 bridgehead atoms. The average molecular weight is 353 g/mol. The fraction of sp³-hybridized carbons (Fsp3) is 0.333. The van der Waals surface area contributed by atoms with Crippen LogP contribution in [0.3, 0.4) is 0 Å². The summed E-state index contributed by atoms with van der Waals surface area (Å²) in [5.74, 6) is -1.42. The van der Waals surface area contributed by atoms with E-state index in [0.29, 0.717) is 13.0 Å². The van der Waals surface area contributed by atoms with Crippen LogP contribution in [0.4, 0.5) is 0 Å². The Balaban J connectivity index is 1.91. The van der Waals surface area contributed by atoms with Crippen molar-refractivity contribution in [3.8, 4) is 0 Å². The van der Waals surface area contributed by atoms with Gasteiger partial charge in [0.05, 0.1) is 12.5 Å². The Morgan fingerprint density at radius 3 is 2.08 bits per heavy atom. The Kier molecular flexibility index (Phi) is 5.38. The highest BCUT2D eigenvalue weighted by Gasteiger charge is 2.47. The van der Waals surface area contributed by atoms with Crippen LogP contribution in [-0.4, -0.2) is 48.7 Å². The highest BCUT2D eigenvalue weighted by atomic mass is 16.5. The van der Waals surface area contributed by atoms with Crippen LogP contribution in [0.15, 0.2) is 60.7 Å². The van der Waals surface area contributed by atoms with Crippen molar-refractivity contribution in [1.29, 1.82) is 0 Å². The first kappa shape index (κ1) is 18.1.